The highest BCUT2D eigenvalue weighted by molar-refractivity contribution is 6.37. The van der Waals surface area contributed by atoms with Gasteiger partial charge in [0, 0.05) is 5.69 Å². The second-order valence-electron chi connectivity index (χ2n) is 5.92. The Labute approximate surface area is 134 Å². The zero-order chi connectivity index (χ0) is 16.0. The highest BCUT2D eigenvalue weighted by atomic mass is 35.5. The number of phenols is 1. The van der Waals surface area contributed by atoms with Crippen LogP contribution in [0.1, 0.15) is 42.7 Å². The van der Waals surface area contributed by atoms with E-state index in [4.69, 9.17) is 16.0 Å². The van der Waals surface area contributed by atoms with Crippen molar-refractivity contribution in [1.29, 1.82) is 0 Å². The zero-order valence-electron chi connectivity index (χ0n) is 12.7. The highest BCUT2D eigenvalue weighted by Crippen LogP contribution is 2.45. The lowest BCUT2D eigenvalue weighted by molar-refractivity contribution is -0.124. The third-order valence-corrected chi connectivity index (χ3v) is 4.52. The second kappa shape index (κ2) is 5.36. The van der Waals surface area contributed by atoms with Crippen LogP contribution >= 0.6 is 11.6 Å². The number of halogens is 1. The molecule has 116 valence electrons. The third-order valence-electron chi connectivity index (χ3n) is 4.09. The van der Waals surface area contributed by atoms with Crippen LogP contribution in [0.5, 0.6) is 5.75 Å². The molecule has 0 spiro atoms. The molecule has 0 radical (unpaired) electrons. The van der Waals surface area contributed by atoms with Crippen molar-refractivity contribution >= 4 is 23.2 Å². The van der Waals surface area contributed by atoms with Gasteiger partial charge in [-0.15, -0.1) is 11.6 Å². The summed E-state index contributed by atoms with van der Waals surface area (Å²) in [7, 11) is 0. The molecule has 2 atom stereocenters. The van der Waals surface area contributed by atoms with Crippen LogP contribution in [0.3, 0.4) is 0 Å². The summed E-state index contributed by atoms with van der Waals surface area (Å²) in [5.74, 6) is 0.926. The normalized spacial score (nSPS) is 21.3. The molecule has 2 heterocycles. The smallest absolute Gasteiger partial charge is 0.248 e. The van der Waals surface area contributed by atoms with E-state index in [0.717, 1.165) is 16.8 Å². The predicted octanol–water partition coefficient (Wildman–Crippen LogP) is 4.11. The number of nitrogens with zero attached hydrogens (tertiary/aromatic N) is 1. The first-order chi connectivity index (χ1) is 10.4. The Morgan fingerprint density at radius 1 is 1.36 bits per heavy atom. The molecule has 4 nitrogen and oxygen atoms in total. The fraction of sp³-hybridized carbons (Fsp3) is 0.353. The molecule has 2 aromatic rings. The number of benzene rings is 1. The van der Waals surface area contributed by atoms with Crippen molar-refractivity contribution in [2.24, 2.45) is 0 Å². The van der Waals surface area contributed by atoms with Crippen molar-refractivity contribution in [2.45, 2.75) is 38.1 Å². The molecular weight excluding hydrogens is 302 g/mol. The highest BCUT2D eigenvalue weighted by Gasteiger charge is 2.50. The standard InChI is InChI=1S/C17H18ClNO3/c1-9(2)11-8-12(10(3)7-13(11)20)19-16(15(18)17(19)21)14-5-4-6-22-14/h4-9,15-16,20H,1-3H3. The van der Waals surface area contributed by atoms with Gasteiger partial charge in [-0.1, -0.05) is 13.8 Å². The van der Waals surface area contributed by atoms with Gasteiger partial charge in [0.1, 0.15) is 22.9 Å². The number of alkyl halides is 1. The van der Waals surface area contributed by atoms with Crippen LogP contribution in [0.15, 0.2) is 34.9 Å². The van der Waals surface area contributed by atoms with Gasteiger partial charge in [-0.25, -0.2) is 0 Å². The molecule has 1 aromatic carbocycles. The number of aromatic hydroxyl groups is 1. The number of anilines is 1. The van der Waals surface area contributed by atoms with Crippen molar-refractivity contribution in [3.05, 3.63) is 47.4 Å². The maximum absolute atomic E-state index is 12.3. The Morgan fingerprint density at radius 3 is 2.68 bits per heavy atom. The second-order valence-corrected chi connectivity index (χ2v) is 6.39. The van der Waals surface area contributed by atoms with Crippen molar-refractivity contribution in [2.75, 3.05) is 4.90 Å². The molecule has 1 amide bonds. The molecule has 5 heteroatoms. The lowest BCUT2D eigenvalue weighted by atomic mass is 9.93. The van der Waals surface area contributed by atoms with Gasteiger partial charge in [-0.2, -0.15) is 0 Å². The molecule has 1 N–H and O–H groups in total. The summed E-state index contributed by atoms with van der Waals surface area (Å²) in [6.07, 6.45) is 1.57. The van der Waals surface area contributed by atoms with Gasteiger partial charge in [-0.3, -0.25) is 9.69 Å². The van der Waals surface area contributed by atoms with E-state index in [-0.39, 0.29) is 23.6 Å². The number of carbonyl (C=O) groups excluding carboxylic acids is 1. The minimum Gasteiger partial charge on any atom is -0.508 e. The summed E-state index contributed by atoms with van der Waals surface area (Å²) in [4.78, 5) is 13.9. The molecular formula is C17H18ClNO3. The molecule has 1 aromatic heterocycles. The average molecular weight is 320 g/mol. The number of hydrogen-bond donors (Lipinski definition) is 1. The van der Waals surface area contributed by atoms with E-state index < -0.39 is 5.38 Å². The minimum atomic E-state index is -0.623. The molecule has 1 saturated heterocycles. The first kappa shape index (κ1) is 15.0. The third kappa shape index (κ3) is 2.18. The summed E-state index contributed by atoms with van der Waals surface area (Å²) in [5.41, 5.74) is 2.41. The Hall–Kier alpha value is -1.94. The van der Waals surface area contributed by atoms with Crippen LogP contribution in [-0.2, 0) is 4.79 Å². The van der Waals surface area contributed by atoms with Gasteiger partial charge in [-0.05, 0) is 48.2 Å². The van der Waals surface area contributed by atoms with E-state index in [1.165, 1.54) is 0 Å². The molecule has 0 saturated carbocycles. The summed E-state index contributed by atoms with van der Waals surface area (Å²) >= 11 is 6.19. The van der Waals surface area contributed by atoms with Crippen molar-refractivity contribution < 1.29 is 14.3 Å². The molecule has 1 fully saturated rings. The first-order valence-electron chi connectivity index (χ1n) is 7.26. The van der Waals surface area contributed by atoms with Crippen molar-refractivity contribution in [3.8, 4) is 5.75 Å². The summed E-state index contributed by atoms with van der Waals surface area (Å²) in [5, 5.41) is 9.46. The van der Waals surface area contributed by atoms with Gasteiger partial charge in [0.15, 0.2) is 0 Å². The molecule has 1 aliphatic heterocycles. The Bertz CT molecular complexity index is 709. The van der Waals surface area contributed by atoms with Gasteiger partial charge in [0.25, 0.3) is 0 Å². The van der Waals surface area contributed by atoms with Crippen LogP contribution in [0.2, 0.25) is 0 Å². The lowest BCUT2D eigenvalue weighted by Gasteiger charge is -2.43. The van der Waals surface area contributed by atoms with Crippen molar-refractivity contribution in [1.82, 2.24) is 0 Å². The topological polar surface area (TPSA) is 53.7 Å². The molecule has 1 aliphatic rings. The zero-order valence-corrected chi connectivity index (χ0v) is 13.5. The number of β-lactam (4-membered cyclic amide) rings is 1. The van der Waals surface area contributed by atoms with Gasteiger partial charge >= 0.3 is 0 Å². The van der Waals surface area contributed by atoms with E-state index in [1.807, 2.05) is 32.9 Å². The monoisotopic (exact) mass is 319 g/mol. The van der Waals surface area contributed by atoms with E-state index in [0.29, 0.717) is 5.76 Å². The fourth-order valence-corrected chi connectivity index (χ4v) is 3.21. The Morgan fingerprint density at radius 2 is 2.09 bits per heavy atom. The van der Waals surface area contributed by atoms with E-state index in [2.05, 4.69) is 0 Å². The van der Waals surface area contributed by atoms with Gasteiger partial charge in [0.05, 0.1) is 6.26 Å². The van der Waals surface area contributed by atoms with E-state index in [9.17, 15) is 9.90 Å². The molecule has 2 unspecified atom stereocenters. The number of furan rings is 1. The summed E-state index contributed by atoms with van der Waals surface area (Å²) in [6.45, 7) is 5.87. The molecule has 0 bridgehead atoms. The van der Waals surface area contributed by atoms with Crippen LogP contribution in [0, 0.1) is 6.92 Å². The lowest BCUT2D eigenvalue weighted by Crippen LogP contribution is -2.56. The fourth-order valence-electron chi connectivity index (χ4n) is 2.87. The maximum Gasteiger partial charge on any atom is 0.248 e. The number of aryl methyl sites for hydroxylation is 1. The molecule has 3 rings (SSSR count). The maximum atomic E-state index is 12.3. The molecule has 0 aliphatic carbocycles. The number of phenolic OH excluding ortho intramolecular Hbond substituents is 1. The minimum absolute atomic E-state index is 0.147. The Kier molecular flexibility index (Phi) is 3.65. The quantitative estimate of drug-likeness (QED) is 0.684. The van der Waals surface area contributed by atoms with Crippen LogP contribution < -0.4 is 4.90 Å². The number of amides is 1. The molecule has 22 heavy (non-hydrogen) atoms. The number of carbonyl (C=O) groups is 1. The SMILES string of the molecule is Cc1cc(O)c(C(C)C)cc1N1C(=O)C(Cl)C1c1ccco1. The summed E-state index contributed by atoms with van der Waals surface area (Å²) in [6, 6.07) is 6.85. The van der Waals surface area contributed by atoms with E-state index in [1.54, 1.807) is 23.3 Å². The number of rotatable bonds is 3. The summed E-state index contributed by atoms with van der Waals surface area (Å²) < 4.78 is 5.42. The van der Waals surface area contributed by atoms with Crippen LogP contribution in [-0.4, -0.2) is 16.4 Å². The number of hydrogen-bond acceptors (Lipinski definition) is 3. The first-order valence-corrected chi connectivity index (χ1v) is 7.69. The predicted molar refractivity (Wildman–Crippen MR) is 85.5 cm³/mol. The largest absolute Gasteiger partial charge is 0.508 e. The van der Waals surface area contributed by atoms with E-state index >= 15 is 0 Å². The van der Waals surface area contributed by atoms with Gasteiger partial charge in [0.2, 0.25) is 5.91 Å². The van der Waals surface area contributed by atoms with Crippen LogP contribution in [0.25, 0.3) is 0 Å². The van der Waals surface area contributed by atoms with Crippen molar-refractivity contribution in [3.63, 3.8) is 0 Å². The Balaban J connectivity index is 2.06. The van der Waals surface area contributed by atoms with Gasteiger partial charge < -0.3 is 9.52 Å². The van der Waals surface area contributed by atoms with Crippen LogP contribution in [0.4, 0.5) is 5.69 Å². The average Bonchev–Trinajstić information content (AvgIpc) is 2.97.